The van der Waals surface area contributed by atoms with E-state index in [9.17, 15) is 0 Å². The Hall–Kier alpha value is -0.0500. The minimum atomic E-state index is 0.204. The number of hydrogen-bond acceptors (Lipinski definition) is 2. The molecule has 3 heteroatoms. The molecule has 1 heterocycles. The molecule has 1 aliphatic heterocycles. The van der Waals surface area contributed by atoms with Crippen molar-refractivity contribution < 1.29 is 4.84 Å². The second kappa shape index (κ2) is 2.05. The smallest absolute Gasteiger partial charge is 0.142 e. The van der Waals surface area contributed by atoms with Crippen LogP contribution in [0.2, 0.25) is 0 Å². The summed E-state index contributed by atoms with van der Waals surface area (Å²) in [6.07, 6.45) is 0.204. The molecule has 0 aromatic rings. The van der Waals surface area contributed by atoms with Gasteiger partial charge in [0.05, 0.1) is 10.5 Å². The predicted molar refractivity (Wildman–Crippen MR) is 36.4 cm³/mol. The highest BCUT2D eigenvalue weighted by Gasteiger charge is 2.24. The van der Waals surface area contributed by atoms with Gasteiger partial charge in [0.2, 0.25) is 0 Å². The van der Waals surface area contributed by atoms with E-state index in [0.29, 0.717) is 4.83 Å². The molecule has 0 saturated carbocycles. The molecule has 0 bridgehead atoms. The highest BCUT2D eigenvalue weighted by atomic mass is 79.9. The largest absolute Gasteiger partial charge is 0.391 e. The Morgan fingerprint density at radius 1 is 1.75 bits per heavy atom. The van der Waals surface area contributed by atoms with Gasteiger partial charge in [-0.05, 0) is 13.8 Å². The van der Waals surface area contributed by atoms with Crippen LogP contribution in [0.1, 0.15) is 13.8 Å². The molecule has 0 aromatic carbocycles. The lowest BCUT2D eigenvalue weighted by Crippen LogP contribution is -2.17. The summed E-state index contributed by atoms with van der Waals surface area (Å²) in [6.45, 7) is 3.93. The second-order valence-electron chi connectivity index (χ2n) is 1.94. The maximum absolute atomic E-state index is 4.92. The number of nitrogens with zero attached hydrogens (tertiary/aromatic N) is 1. The van der Waals surface area contributed by atoms with Crippen molar-refractivity contribution in [1.29, 1.82) is 0 Å². The summed E-state index contributed by atoms with van der Waals surface area (Å²) >= 11 is 3.41. The van der Waals surface area contributed by atoms with Crippen molar-refractivity contribution >= 4 is 21.6 Å². The molecular weight excluding hydrogens is 170 g/mol. The zero-order valence-corrected chi connectivity index (χ0v) is 6.47. The molecule has 0 amide bonds. The normalized spacial score (nSPS) is 36.6. The van der Waals surface area contributed by atoms with Crippen LogP contribution in [0.3, 0.4) is 0 Å². The van der Waals surface area contributed by atoms with E-state index in [0.717, 1.165) is 5.71 Å². The van der Waals surface area contributed by atoms with Crippen LogP contribution in [-0.4, -0.2) is 16.6 Å². The zero-order chi connectivity index (χ0) is 6.15. The van der Waals surface area contributed by atoms with Crippen LogP contribution in [-0.2, 0) is 4.84 Å². The van der Waals surface area contributed by atoms with Gasteiger partial charge in [-0.25, -0.2) is 0 Å². The predicted octanol–water partition coefficient (Wildman–Crippen LogP) is 1.54. The average Bonchev–Trinajstić information content (AvgIpc) is 1.98. The zero-order valence-electron chi connectivity index (χ0n) is 4.89. The van der Waals surface area contributed by atoms with Crippen LogP contribution < -0.4 is 0 Å². The first-order chi connectivity index (χ1) is 3.72. The maximum Gasteiger partial charge on any atom is 0.142 e. The lowest BCUT2D eigenvalue weighted by Gasteiger charge is -2.02. The van der Waals surface area contributed by atoms with Gasteiger partial charge in [0.15, 0.2) is 0 Å². The van der Waals surface area contributed by atoms with E-state index in [2.05, 4.69) is 21.1 Å². The minimum Gasteiger partial charge on any atom is -0.391 e. The minimum absolute atomic E-state index is 0.204. The summed E-state index contributed by atoms with van der Waals surface area (Å²) in [7, 11) is 0. The molecule has 2 unspecified atom stereocenters. The van der Waals surface area contributed by atoms with E-state index in [-0.39, 0.29) is 6.10 Å². The van der Waals surface area contributed by atoms with Gasteiger partial charge >= 0.3 is 0 Å². The Morgan fingerprint density at radius 3 is 2.50 bits per heavy atom. The van der Waals surface area contributed by atoms with Crippen molar-refractivity contribution in [3.8, 4) is 0 Å². The van der Waals surface area contributed by atoms with Crippen LogP contribution in [0, 0.1) is 0 Å². The summed E-state index contributed by atoms with van der Waals surface area (Å²) in [4.78, 5) is 5.24. The highest BCUT2D eigenvalue weighted by molar-refractivity contribution is 9.10. The monoisotopic (exact) mass is 177 g/mol. The topological polar surface area (TPSA) is 21.6 Å². The van der Waals surface area contributed by atoms with Crippen molar-refractivity contribution in [2.75, 3.05) is 0 Å². The number of rotatable bonds is 0. The van der Waals surface area contributed by atoms with Crippen molar-refractivity contribution in [2.24, 2.45) is 5.16 Å². The lowest BCUT2D eigenvalue weighted by atomic mass is 10.2. The third-order valence-electron chi connectivity index (χ3n) is 1.17. The maximum atomic E-state index is 4.92. The summed E-state index contributed by atoms with van der Waals surface area (Å²) < 4.78 is 0. The number of oxime groups is 1. The van der Waals surface area contributed by atoms with Crippen molar-refractivity contribution in [2.45, 2.75) is 24.8 Å². The average molecular weight is 178 g/mol. The van der Waals surface area contributed by atoms with Crippen LogP contribution in [0.15, 0.2) is 5.16 Å². The molecule has 46 valence electrons. The molecule has 2 nitrogen and oxygen atoms in total. The Balaban J connectivity index is 2.59. The van der Waals surface area contributed by atoms with Gasteiger partial charge < -0.3 is 4.84 Å². The molecule has 0 radical (unpaired) electrons. The molecule has 0 aliphatic carbocycles. The Kier molecular flexibility index (Phi) is 1.56. The molecule has 0 fully saturated rings. The fourth-order valence-corrected chi connectivity index (χ4v) is 0.790. The Labute approximate surface area is 57.0 Å². The highest BCUT2D eigenvalue weighted by Crippen LogP contribution is 2.17. The first-order valence-electron chi connectivity index (χ1n) is 2.56. The van der Waals surface area contributed by atoms with Crippen molar-refractivity contribution in [3.05, 3.63) is 0 Å². The molecule has 1 rings (SSSR count). The number of hydrogen-bond donors (Lipinski definition) is 0. The van der Waals surface area contributed by atoms with Gasteiger partial charge in [-0.2, -0.15) is 0 Å². The summed E-state index contributed by atoms with van der Waals surface area (Å²) in [6, 6.07) is 0. The SMILES string of the molecule is CC1=NOC(C)C1Br. The van der Waals surface area contributed by atoms with E-state index < -0.39 is 0 Å². The van der Waals surface area contributed by atoms with Crippen LogP contribution in [0.5, 0.6) is 0 Å². The quantitative estimate of drug-likeness (QED) is 0.515. The summed E-state index contributed by atoms with van der Waals surface area (Å²) in [5, 5.41) is 3.77. The lowest BCUT2D eigenvalue weighted by molar-refractivity contribution is 0.103. The van der Waals surface area contributed by atoms with Gasteiger partial charge in [-0.1, -0.05) is 21.1 Å². The first kappa shape index (κ1) is 6.08. The molecular formula is C5H8BrNO. The van der Waals surface area contributed by atoms with Gasteiger partial charge in [0, 0.05) is 0 Å². The van der Waals surface area contributed by atoms with Crippen LogP contribution >= 0.6 is 15.9 Å². The van der Waals surface area contributed by atoms with Crippen molar-refractivity contribution in [3.63, 3.8) is 0 Å². The number of alkyl halides is 1. The summed E-state index contributed by atoms with van der Waals surface area (Å²) in [5.41, 5.74) is 1.03. The third-order valence-corrected chi connectivity index (χ3v) is 2.58. The Bertz CT molecular complexity index is 124. The molecule has 8 heavy (non-hydrogen) atoms. The molecule has 1 aliphatic rings. The van der Waals surface area contributed by atoms with E-state index in [4.69, 9.17) is 4.84 Å². The second-order valence-corrected chi connectivity index (χ2v) is 2.93. The molecule has 2 atom stereocenters. The standard InChI is InChI=1S/C5H8BrNO/c1-3-5(6)4(2)8-7-3/h4-5H,1-2H3. The van der Waals surface area contributed by atoms with Gasteiger partial charge in [0.1, 0.15) is 6.10 Å². The van der Waals surface area contributed by atoms with Gasteiger partial charge in [-0.15, -0.1) is 0 Å². The van der Waals surface area contributed by atoms with E-state index in [1.54, 1.807) is 0 Å². The van der Waals surface area contributed by atoms with Gasteiger partial charge in [-0.3, -0.25) is 0 Å². The van der Waals surface area contributed by atoms with Crippen molar-refractivity contribution in [1.82, 2.24) is 0 Å². The first-order valence-corrected chi connectivity index (χ1v) is 3.48. The molecule has 0 saturated heterocycles. The van der Waals surface area contributed by atoms with Gasteiger partial charge in [0.25, 0.3) is 0 Å². The van der Waals surface area contributed by atoms with E-state index in [1.807, 2.05) is 13.8 Å². The van der Waals surface area contributed by atoms with E-state index in [1.165, 1.54) is 0 Å². The fraction of sp³-hybridized carbons (Fsp3) is 0.800. The molecule has 0 spiro atoms. The Morgan fingerprint density at radius 2 is 2.38 bits per heavy atom. The fourth-order valence-electron chi connectivity index (χ4n) is 0.610. The third kappa shape index (κ3) is 0.869. The van der Waals surface area contributed by atoms with Crippen LogP contribution in [0.25, 0.3) is 0 Å². The van der Waals surface area contributed by atoms with Crippen LogP contribution in [0.4, 0.5) is 0 Å². The summed E-state index contributed by atoms with van der Waals surface area (Å²) in [5.74, 6) is 0. The molecule has 0 N–H and O–H groups in total. The molecule has 0 aromatic heterocycles. The van der Waals surface area contributed by atoms with E-state index >= 15 is 0 Å². The number of halogens is 1.